The summed E-state index contributed by atoms with van der Waals surface area (Å²) in [6.07, 6.45) is 3.17. The maximum Gasteiger partial charge on any atom is 0.316 e. The highest BCUT2D eigenvalue weighted by Gasteiger charge is 2.61. The third-order valence-corrected chi connectivity index (χ3v) is 8.37. The van der Waals surface area contributed by atoms with Crippen LogP contribution in [-0.4, -0.2) is 30.2 Å². The second-order valence-electron chi connectivity index (χ2n) is 9.69. The molecule has 3 amide bonds. The molecule has 2 aromatic carbocycles. The van der Waals surface area contributed by atoms with Crippen LogP contribution >= 0.6 is 15.9 Å². The van der Waals surface area contributed by atoms with Crippen LogP contribution in [0.15, 0.2) is 53.0 Å². The molecule has 0 N–H and O–H groups in total. The van der Waals surface area contributed by atoms with Gasteiger partial charge in [-0.1, -0.05) is 15.9 Å². The minimum Gasteiger partial charge on any atom is -0.426 e. The molecule has 6 rings (SSSR count). The van der Waals surface area contributed by atoms with Crippen LogP contribution in [0.5, 0.6) is 5.75 Å². The van der Waals surface area contributed by atoms with E-state index in [-0.39, 0.29) is 42.5 Å². The molecular weight excluding hydrogens is 500 g/mol. The normalized spacial score (nSPS) is 29.8. The molecule has 174 valence electrons. The van der Waals surface area contributed by atoms with Gasteiger partial charge in [0.2, 0.25) is 17.7 Å². The van der Waals surface area contributed by atoms with Crippen molar-refractivity contribution < 1.29 is 23.9 Å². The summed E-state index contributed by atoms with van der Waals surface area (Å²) in [6, 6.07) is 13.8. The van der Waals surface area contributed by atoms with Gasteiger partial charge in [0.15, 0.2) is 0 Å². The zero-order valence-electron chi connectivity index (χ0n) is 18.4. The Hall–Kier alpha value is -3.00. The van der Waals surface area contributed by atoms with Gasteiger partial charge in [0.05, 0.1) is 23.4 Å². The molecule has 5 atom stereocenters. The van der Waals surface area contributed by atoms with E-state index in [1.165, 1.54) is 4.90 Å². The van der Waals surface area contributed by atoms with Crippen molar-refractivity contribution in [2.45, 2.75) is 25.7 Å². The second kappa shape index (κ2) is 8.05. The predicted molar refractivity (Wildman–Crippen MR) is 127 cm³/mol. The number of carbonyl (C=O) groups excluding carboxylic acids is 4. The summed E-state index contributed by atoms with van der Waals surface area (Å²) in [4.78, 5) is 54.1. The van der Waals surface area contributed by atoms with Crippen molar-refractivity contribution in [2.75, 3.05) is 16.3 Å². The van der Waals surface area contributed by atoms with Gasteiger partial charge in [0, 0.05) is 23.1 Å². The lowest BCUT2D eigenvalue weighted by Gasteiger charge is -2.19. The highest BCUT2D eigenvalue weighted by molar-refractivity contribution is 9.10. The van der Waals surface area contributed by atoms with Crippen LogP contribution in [0.2, 0.25) is 0 Å². The standard InChI is InChI=1S/C26H23BrN2O5/c27-17-3-5-18(6-4-17)28-13-16(12-21(28)30)26(33)34-20-9-7-19(8-10-20)29-24(31)22-14-1-2-15(11-14)23(22)25(29)32/h3-10,14-16,22-23H,1-2,11-13H2/t14-,15-,16+,22+,23+/m0/s1. The lowest BCUT2D eigenvalue weighted by molar-refractivity contribution is -0.139. The van der Waals surface area contributed by atoms with Crippen molar-refractivity contribution in [3.63, 3.8) is 0 Å². The molecule has 2 saturated heterocycles. The Bertz CT molecular complexity index is 1170. The van der Waals surface area contributed by atoms with E-state index in [1.807, 2.05) is 24.3 Å². The maximum absolute atomic E-state index is 13.0. The molecule has 4 fully saturated rings. The molecule has 2 aliphatic carbocycles. The molecule has 0 aromatic heterocycles. The van der Waals surface area contributed by atoms with E-state index in [9.17, 15) is 19.2 Å². The number of amides is 3. The second-order valence-corrected chi connectivity index (χ2v) is 10.6. The zero-order chi connectivity index (χ0) is 23.6. The topological polar surface area (TPSA) is 84.0 Å². The fourth-order valence-corrected chi connectivity index (χ4v) is 6.53. The molecule has 2 heterocycles. The zero-order valence-corrected chi connectivity index (χ0v) is 19.9. The first-order valence-electron chi connectivity index (χ1n) is 11.7. The van der Waals surface area contributed by atoms with Crippen LogP contribution in [0.1, 0.15) is 25.7 Å². The Labute approximate surface area is 205 Å². The number of nitrogens with zero attached hydrogens (tertiary/aromatic N) is 2. The smallest absolute Gasteiger partial charge is 0.316 e. The van der Waals surface area contributed by atoms with Crippen molar-refractivity contribution in [1.82, 2.24) is 0 Å². The number of rotatable bonds is 4. The minimum atomic E-state index is -0.563. The van der Waals surface area contributed by atoms with Gasteiger partial charge in [0.1, 0.15) is 5.75 Å². The minimum absolute atomic E-state index is 0.0921. The van der Waals surface area contributed by atoms with Crippen LogP contribution in [-0.2, 0) is 19.2 Å². The van der Waals surface area contributed by atoms with Gasteiger partial charge in [-0.2, -0.15) is 0 Å². The molecule has 0 spiro atoms. The summed E-state index contributed by atoms with van der Waals surface area (Å²) < 4.78 is 6.44. The summed E-state index contributed by atoms with van der Waals surface area (Å²) in [7, 11) is 0. The molecule has 8 heteroatoms. The number of carbonyl (C=O) groups is 4. The molecule has 2 aromatic rings. The van der Waals surface area contributed by atoms with Gasteiger partial charge < -0.3 is 9.64 Å². The quantitative estimate of drug-likeness (QED) is 0.345. The Morgan fingerprint density at radius 3 is 2.06 bits per heavy atom. The molecule has 2 bridgehead atoms. The van der Waals surface area contributed by atoms with E-state index in [4.69, 9.17) is 4.74 Å². The maximum atomic E-state index is 13.0. The van der Waals surface area contributed by atoms with Gasteiger partial charge in [-0.15, -0.1) is 0 Å². The third kappa shape index (κ3) is 3.38. The molecule has 7 nitrogen and oxygen atoms in total. The van der Waals surface area contributed by atoms with E-state index in [0.29, 0.717) is 23.3 Å². The van der Waals surface area contributed by atoms with Gasteiger partial charge in [-0.05, 0) is 79.6 Å². The highest BCUT2D eigenvalue weighted by Crippen LogP contribution is 2.56. The van der Waals surface area contributed by atoms with Gasteiger partial charge in [-0.3, -0.25) is 24.1 Å². The first-order chi connectivity index (χ1) is 16.4. The third-order valence-electron chi connectivity index (χ3n) is 7.84. The monoisotopic (exact) mass is 522 g/mol. The van der Waals surface area contributed by atoms with E-state index in [1.54, 1.807) is 29.2 Å². The molecule has 0 radical (unpaired) electrons. The van der Waals surface area contributed by atoms with Crippen LogP contribution in [0, 0.1) is 29.6 Å². The van der Waals surface area contributed by atoms with E-state index >= 15 is 0 Å². The predicted octanol–water partition coefficient (Wildman–Crippen LogP) is 3.94. The first-order valence-corrected chi connectivity index (χ1v) is 12.5. The number of imide groups is 1. The number of hydrogen-bond acceptors (Lipinski definition) is 5. The molecule has 4 aliphatic rings. The van der Waals surface area contributed by atoms with Crippen molar-refractivity contribution in [2.24, 2.45) is 29.6 Å². The average Bonchev–Trinajstić information content (AvgIpc) is 3.59. The average molecular weight is 523 g/mol. The van der Waals surface area contributed by atoms with Crippen LogP contribution in [0.25, 0.3) is 0 Å². The molecular formula is C26H23BrN2O5. The number of halogens is 1. The Kier molecular flexibility index (Phi) is 5.09. The van der Waals surface area contributed by atoms with Gasteiger partial charge >= 0.3 is 5.97 Å². The number of benzene rings is 2. The first kappa shape index (κ1) is 21.5. The number of anilines is 2. The Balaban J connectivity index is 1.12. The van der Waals surface area contributed by atoms with Gasteiger partial charge in [0.25, 0.3) is 0 Å². The van der Waals surface area contributed by atoms with Crippen LogP contribution in [0.4, 0.5) is 11.4 Å². The lowest BCUT2D eigenvalue weighted by atomic mass is 9.81. The number of ether oxygens (including phenoxy) is 1. The largest absolute Gasteiger partial charge is 0.426 e. The Morgan fingerprint density at radius 2 is 1.44 bits per heavy atom. The summed E-state index contributed by atoms with van der Waals surface area (Å²) >= 11 is 3.38. The molecule has 2 saturated carbocycles. The van der Waals surface area contributed by atoms with E-state index in [2.05, 4.69) is 15.9 Å². The number of esters is 1. The van der Waals surface area contributed by atoms with Crippen LogP contribution < -0.4 is 14.5 Å². The molecule has 2 aliphatic heterocycles. The summed E-state index contributed by atoms with van der Waals surface area (Å²) in [5.74, 6) is -0.686. The van der Waals surface area contributed by atoms with Crippen molar-refractivity contribution in [3.8, 4) is 5.75 Å². The van der Waals surface area contributed by atoms with Crippen molar-refractivity contribution in [3.05, 3.63) is 53.0 Å². The van der Waals surface area contributed by atoms with Gasteiger partial charge in [-0.25, -0.2) is 0 Å². The summed E-state index contributed by atoms with van der Waals surface area (Å²) in [6.45, 7) is 0.263. The highest BCUT2D eigenvalue weighted by atomic mass is 79.9. The number of hydrogen-bond donors (Lipinski definition) is 0. The SMILES string of the molecule is O=C(Oc1ccc(N2C(=O)[C@@H]3[C@H]4CC[C@@H](C4)[C@H]3C2=O)cc1)[C@@H]1CC(=O)N(c2ccc(Br)cc2)C1. The van der Waals surface area contributed by atoms with Crippen molar-refractivity contribution in [1.29, 1.82) is 0 Å². The fourth-order valence-electron chi connectivity index (χ4n) is 6.26. The van der Waals surface area contributed by atoms with Crippen molar-refractivity contribution >= 4 is 51.0 Å². The molecule has 0 unspecified atom stereocenters. The molecule has 34 heavy (non-hydrogen) atoms. The Morgan fingerprint density at radius 1 is 0.853 bits per heavy atom. The number of fused-ring (bicyclic) bond motifs is 5. The summed E-state index contributed by atoms with van der Waals surface area (Å²) in [5.41, 5.74) is 1.26. The van der Waals surface area contributed by atoms with E-state index < -0.39 is 11.9 Å². The fraction of sp³-hybridized carbons (Fsp3) is 0.385. The van der Waals surface area contributed by atoms with E-state index in [0.717, 1.165) is 29.4 Å². The summed E-state index contributed by atoms with van der Waals surface area (Å²) in [5, 5.41) is 0. The van der Waals surface area contributed by atoms with Crippen LogP contribution in [0.3, 0.4) is 0 Å². The lowest BCUT2D eigenvalue weighted by Crippen LogP contribution is -2.32.